The molecule has 2 N–H and O–H groups in total. The van der Waals surface area contributed by atoms with Gasteiger partial charge in [-0.05, 0) is 61.4 Å². The molecular weight excluding hydrogens is 581 g/mol. The molecule has 0 aliphatic rings. The number of amides is 2. The van der Waals surface area contributed by atoms with Crippen LogP contribution in [0.25, 0.3) is 31.5 Å². The first-order chi connectivity index (χ1) is 19.4. The normalized spacial score (nSPS) is 11.3. The van der Waals surface area contributed by atoms with Gasteiger partial charge >= 0.3 is 0 Å². The minimum atomic E-state index is -0.185. The summed E-state index contributed by atoms with van der Waals surface area (Å²) >= 11 is 5.47. The Morgan fingerprint density at radius 3 is 1.55 bits per heavy atom. The summed E-state index contributed by atoms with van der Waals surface area (Å²) in [5.74, 6) is -0.106. The molecule has 0 saturated carbocycles. The number of fused-ring (bicyclic) bond motifs is 3. The van der Waals surface area contributed by atoms with Gasteiger partial charge in [0.15, 0.2) is 10.3 Å². The number of hydrogen-bond donors (Lipinski definition) is 2. The van der Waals surface area contributed by atoms with Gasteiger partial charge in [0.25, 0.3) is 0 Å². The molecule has 0 spiro atoms. The average molecular weight is 603 g/mol. The highest BCUT2D eigenvalue weighted by molar-refractivity contribution is 8.02. The van der Waals surface area contributed by atoms with E-state index in [0.717, 1.165) is 42.6 Å². The van der Waals surface area contributed by atoms with Crippen LogP contribution in [0.1, 0.15) is 11.1 Å². The van der Waals surface area contributed by atoms with E-state index in [1.807, 2.05) is 62.4 Å². The van der Waals surface area contributed by atoms with Crippen molar-refractivity contribution in [3.63, 3.8) is 0 Å². The lowest BCUT2D eigenvalue weighted by molar-refractivity contribution is -0.114. The molecule has 6 rings (SSSR count). The van der Waals surface area contributed by atoms with Crippen LogP contribution in [0.2, 0.25) is 0 Å². The highest BCUT2D eigenvalue weighted by Gasteiger charge is 2.16. The molecule has 6 aromatic rings. The van der Waals surface area contributed by atoms with E-state index in [2.05, 4.69) is 32.7 Å². The zero-order valence-corrected chi connectivity index (χ0v) is 24.7. The second-order valence-electron chi connectivity index (χ2n) is 8.98. The Kier molecular flexibility index (Phi) is 7.65. The molecule has 0 unspecified atom stereocenters. The van der Waals surface area contributed by atoms with E-state index >= 15 is 0 Å². The number of aromatic nitrogens is 4. The van der Waals surface area contributed by atoms with Gasteiger partial charge in [-0.25, -0.2) is 19.9 Å². The van der Waals surface area contributed by atoms with Crippen molar-refractivity contribution in [2.45, 2.75) is 23.9 Å². The van der Waals surface area contributed by atoms with Crippen LogP contribution in [0, 0.1) is 13.8 Å². The van der Waals surface area contributed by atoms with Crippen LogP contribution in [0.4, 0.5) is 10.3 Å². The van der Waals surface area contributed by atoms with Crippen molar-refractivity contribution in [2.75, 3.05) is 22.1 Å². The second kappa shape index (κ2) is 11.5. The molecule has 0 aliphatic carbocycles. The Balaban J connectivity index is 1.13. The van der Waals surface area contributed by atoms with Gasteiger partial charge in [0.2, 0.25) is 11.8 Å². The maximum atomic E-state index is 12.8. The van der Waals surface area contributed by atoms with Gasteiger partial charge in [-0.3, -0.25) is 9.59 Å². The van der Waals surface area contributed by atoms with Gasteiger partial charge in [-0.2, -0.15) is 0 Å². The van der Waals surface area contributed by atoms with Crippen LogP contribution in [0.15, 0.2) is 70.7 Å². The number of carbonyl (C=O) groups is 2. The Hall–Kier alpha value is -3.58. The van der Waals surface area contributed by atoms with Gasteiger partial charge in [0.1, 0.15) is 10.1 Å². The maximum Gasteiger partial charge on any atom is 0.236 e. The number of para-hydroxylation sites is 2. The standard InChI is InChI=1S/C28H22N6O2S4/c1-15-7-9-19-21(11-15)39-27(31-19)33-23(35)13-37-25-26(30-18-6-4-3-5-17(18)29-25)38-14-24(36)34-28-32-20-10-8-16(2)12-22(20)40-28/h3-12H,13-14H2,1-2H3,(H,31,33,35)(H,32,34,36). The molecule has 0 aliphatic heterocycles. The fourth-order valence-corrected chi connectivity index (χ4v) is 7.56. The van der Waals surface area contributed by atoms with Crippen LogP contribution in [-0.2, 0) is 9.59 Å². The van der Waals surface area contributed by atoms with Crippen LogP contribution in [-0.4, -0.2) is 43.3 Å². The molecule has 0 bridgehead atoms. The second-order valence-corrected chi connectivity index (χ2v) is 13.0. The summed E-state index contributed by atoms with van der Waals surface area (Å²) in [4.78, 5) is 44.1. The molecule has 3 heterocycles. The molecule has 3 aromatic carbocycles. The van der Waals surface area contributed by atoms with E-state index in [1.54, 1.807) is 0 Å². The van der Waals surface area contributed by atoms with Crippen molar-refractivity contribution in [3.8, 4) is 0 Å². The van der Waals surface area contributed by atoms with Crippen molar-refractivity contribution in [3.05, 3.63) is 71.8 Å². The summed E-state index contributed by atoms with van der Waals surface area (Å²) in [7, 11) is 0. The fraction of sp³-hybridized carbons (Fsp3) is 0.143. The van der Waals surface area contributed by atoms with E-state index in [0.29, 0.717) is 20.3 Å². The Morgan fingerprint density at radius 2 is 1.10 bits per heavy atom. The van der Waals surface area contributed by atoms with E-state index < -0.39 is 0 Å². The first-order valence-corrected chi connectivity index (χ1v) is 15.9. The SMILES string of the molecule is Cc1ccc2nc(NC(=O)CSc3nc4ccccc4nc3SCC(=O)Nc3nc4ccc(C)cc4s3)sc2c1. The minimum absolute atomic E-state index is 0.132. The molecule has 40 heavy (non-hydrogen) atoms. The fourth-order valence-electron chi connectivity index (χ4n) is 3.90. The van der Waals surface area contributed by atoms with Gasteiger partial charge in [0.05, 0.1) is 43.0 Å². The molecule has 2 amide bonds. The van der Waals surface area contributed by atoms with Gasteiger partial charge in [-0.1, -0.05) is 70.5 Å². The predicted octanol–water partition coefficient (Wildman–Crippen LogP) is 6.93. The van der Waals surface area contributed by atoms with Crippen LogP contribution in [0.3, 0.4) is 0 Å². The summed E-state index contributed by atoms with van der Waals surface area (Å²) in [5.41, 5.74) is 5.46. The number of nitrogens with one attached hydrogen (secondary N) is 2. The summed E-state index contributed by atoms with van der Waals surface area (Å²) in [5, 5.41) is 8.11. The Bertz CT molecular complexity index is 1760. The van der Waals surface area contributed by atoms with Gasteiger partial charge in [-0.15, -0.1) is 0 Å². The van der Waals surface area contributed by atoms with Crippen molar-refractivity contribution < 1.29 is 9.59 Å². The van der Waals surface area contributed by atoms with Crippen molar-refractivity contribution in [1.29, 1.82) is 0 Å². The van der Waals surface area contributed by atoms with Crippen LogP contribution < -0.4 is 10.6 Å². The molecule has 3 aromatic heterocycles. The lowest BCUT2D eigenvalue weighted by atomic mass is 10.2. The quantitative estimate of drug-likeness (QED) is 0.181. The molecule has 0 radical (unpaired) electrons. The minimum Gasteiger partial charge on any atom is -0.301 e. The highest BCUT2D eigenvalue weighted by Crippen LogP contribution is 2.32. The third kappa shape index (κ3) is 6.09. The Morgan fingerprint density at radius 1 is 0.650 bits per heavy atom. The van der Waals surface area contributed by atoms with E-state index in [1.165, 1.54) is 46.2 Å². The first-order valence-electron chi connectivity index (χ1n) is 12.3. The average Bonchev–Trinajstić information content (AvgIpc) is 3.52. The molecule has 0 fully saturated rings. The first kappa shape index (κ1) is 26.6. The zero-order chi connectivity index (χ0) is 27.6. The summed E-state index contributed by atoms with van der Waals surface area (Å²) < 4.78 is 2.06. The highest BCUT2D eigenvalue weighted by atomic mass is 32.2. The number of carbonyl (C=O) groups excluding carboxylic acids is 2. The predicted molar refractivity (Wildman–Crippen MR) is 167 cm³/mol. The van der Waals surface area contributed by atoms with E-state index in [9.17, 15) is 9.59 Å². The van der Waals surface area contributed by atoms with E-state index in [4.69, 9.17) is 9.97 Å². The number of thioether (sulfide) groups is 2. The van der Waals surface area contributed by atoms with Crippen molar-refractivity contribution in [1.82, 2.24) is 19.9 Å². The number of anilines is 2. The molecule has 8 nitrogen and oxygen atoms in total. The topological polar surface area (TPSA) is 110 Å². The third-order valence-electron chi connectivity index (χ3n) is 5.77. The molecule has 12 heteroatoms. The van der Waals surface area contributed by atoms with Gasteiger partial charge in [0, 0.05) is 0 Å². The van der Waals surface area contributed by atoms with E-state index in [-0.39, 0.29) is 23.3 Å². The number of benzene rings is 3. The van der Waals surface area contributed by atoms with Crippen molar-refractivity contribution in [2.24, 2.45) is 0 Å². The maximum absolute atomic E-state index is 12.8. The largest absolute Gasteiger partial charge is 0.301 e. The zero-order valence-electron chi connectivity index (χ0n) is 21.4. The summed E-state index contributed by atoms with van der Waals surface area (Å²) in [6.07, 6.45) is 0. The molecule has 200 valence electrons. The lowest BCUT2D eigenvalue weighted by Gasteiger charge is -2.09. The number of hydrogen-bond acceptors (Lipinski definition) is 10. The third-order valence-corrected chi connectivity index (χ3v) is 9.69. The van der Waals surface area contributed by atoms with Crippen LogP contribution >= 0.6 is 46.2 Å². The summed E-state index contributed by atoms with van der Waals surface area (Å²) in [6, 6.07) is 19.6. The number of thiazole rings is 2. The lowest BCUT2D eigenvalue weighted by Crippen LogP contribution is -2.15. The number of nitrogens with zero attached hydrogens (tertiary/aromatic N) is 4. The van der Waals surface area contributed by atoms with Gasteiger partial charge < -0.3 is 10.6 Å². The number of aryl methyl sites for hydroxylation is 2. The smallest absolute Gasteiger partial charge is 0.236 e. The summed E-state index contributed by atoms with van der Waals surface area (Å²) in [6.45, 7) is 4.05. The monoisotopic (exact) mass is 602 g/mol. The molecular formula is C28H22N6O2S4. The Labute approximate surface area is 246 Å². The van der Waals surface area contributed by atoms with Crippen molar-refractivity contribution >= 4 is 99.7 Å². The van der Waals surface area contributed by atoms with Crippen LogP contribution in [0.5, 0.6) is 0 Å². The molecule has 0 atom stereocenters. The molecule has 0 saturated heterocycles. The number of rotatable bonds is 8.